The zero-order valence-electron chi connectivity index (χ0n) is 10.1. The lowest BCUT2D eigenvalue weighted by molar-refractivity contribution is -0.113. The van der Waals surface area contributed by atoms with Crippen LogP contribution in [0.1, 0.15) is 13.8 Å². The molecule has 0 atom stereocenters. The van der Waals surface area contributed by atoms with Gasteiger partial charge in [-0.15, -0.1) is 11.8 Å². The van der Waals surface area contributed by atoms with Gasteiger partial charge in [0.05, 0.1) is 11.3 Å². The van der Waals surface area contributed by atoms with Crippen LogP contribution in [0.15, 0.2) is 46.7 Å². The highest BCUT2D eigenvalue weighted by Gasteiger charge is 2.15. The first-order valence-corrected chi connectivity index (χ1v) is 6.37. The van der Waals surface area contributed by atoms with Crippen molar-refractivity contribution in [3.05, 3.63) is 41.7 Å². The van der Waals surface area contributed by atoms with Crippen molar-refractivity contribution in [3.63, 3.8) is 0 Å². The molecule has 0 aliphatic heterocycles. The van der Waals surface area contributed by atoms with Crippen molar-refractivity contribution in [2.45, 2.75) is 13.8 Å². The molecular weight excluding hydrogens is 234 g/mol. The first kappa shape index (κ1) is 13.5. The molecule has 0 bridgehead atoms. The number of thioether (sulfide) groups is 1. The van der Waals surface area contributed by atoms with Gasteiger partial charge in [0.25, 0.3) is 0 Å². The molecule has 0 saturated carbocycles. The van der Waals surface area contributed by atoms with Crippen molar-refractivity contribution in [2.75, 3.05) is 6.26 Å². The highest BCUT2D eigenvalue weighted by Crippen LogP contribution is 2.20. The maximum absolute atomic E-state index is 11.5. The molecule has 0 radical (unpaired) electrons. The quantitative estimate of drug-likeness (QED) is 0.386. The van der Waals surface area contributed by atoms with Gasteiger partial charge in [-0.2, -0.15) is 0 Å². The summed E-state index contributed by atoms with van der Waals surface area (Å²) in [5.41, 5.74) is 1.04. The molecule has 0 aliphatic carbocycles. The molecule has 17 heavy (non-hydrogen) atoms. The van der Waals surface area contributed by atoms with E-state index in [2.05, 4.69) is 4.99 Å². The monoisotopic (exact) mass is 249 g/mol. The minimum Gasteiger partial charge on any atom is -0.512 e. The van der Waals surface area contributed by atoms with E-state index in [0.29, 0.717) is 5.04 Å². The topological polar surface area (TPSA) is 49.7 Å². The Balaban J connectivity index is 3.20. The Hall–Kier alpha value is -1.55. The van der Waals surface area contributed by atoms with Gasteiger partial charge >= 0.3 is 0 Å². The number of carbonyl (C=O) groups is 1. The zero-order chi connectivity index (χ0) is 12.8. The highest BCUT2D eigenvalue weighted by atomic mass is 32.2. The number of hydrogen-bond acceptors (Lipinski definition) is 4. The van der Waals surface area contributed by atoms with Crippen LogP contribution in [0.3, 0.4) is 0 Å². The van der Waals surface area contributed by atoms with E-state index in [1.165, 1.54) is 25.6 Å². The van der Waals surface area contributed by atoms with Crippen LogP contribution in [0.25, 0.3) is 0 Å². The van der Waals surface area contributed by atoms with E-state index in [9.17, 15) is 9.90 Å². The minimum atomic E-state index is -0.186. The van der Waals surface area contributed by atoms with E-state index in [0.717, 1.165) is 5.69 Å². The second-order valence-corrected chi connectivity index (χ2v) is 4.27. The summed E-state index contributed by atoms with van der Waals surface area (Å²) in [7, 11) is 0. The number of ketones is 1. The second-order valence-electron chi connectivity index (χ2n) is 3.47. The Morgan fingerprint density at radius 1 is 1.24 bits per heavy atom. The molecule has 0 saturated heterocycles. The number of aliphatic hydroxyl groups excluding tert-OH is 1. The molecule has 0 amide bonds. The Labute approximate surface area is 105 Å². The molecular formula is C13H15NO2S. The molecule has 0 aromatic heterocycles. The van der Waals surface area contributed by atoms with Crippen molar-refractivity contribution in [2.24, 2.45) is 4.99 Å². The lowest BCUT2D eigenvalue weighted by Crippen LogP contribution is -2.09. The van der Waals surface area contributed by atoms with Crippen LogP contribution in [0.5, 0.6) is 0 Å². The lowest BCUT2D eigenvalue weighted by Gasteiger charge is -2.06. The van der Waals surface area contributed by atoms with Gasteiger partial charge < -0.3 is 5.11 Å². The first-order chi connectivity index (χ1) is 8.06. The predicted octanol–water partition coefficient (Wildman–Crippen LogP) is 3.50. The lowest BCUT2D eigenvalue weighted by atomic mass is 10.2. The number of benzene rings is 1. The normalized spacial score (nSPS) is 13.2. The summed E-state index contributed by atoms with van der Waals surface area (Å²) in [4.78, 5) is 15.8. The van der Waals surface area contributed by atoms with Crippen molar-refractivity contribution in [1.82, 2.24) is 0 Å². The molecule has 1 aromatic carbocycles. The van der Waals surface area contributed by atoms with Gasteiger partial charge in [0.2, 0.25) is 0 Å². The van der Waals surface area contributed by atoms with E-state index in [1.54, 1.807) is 0 Å². The zero-order valence-corrected chi connectivity index (χ0v) is 10.9. The Bertz CT molecular complexity index is 460. The average Bonchev–Trinajstić information content (AvgIpc) is 2.28. The third kappa shape index (κ3) is 3.75. The van der Waals surface area contributed by atoms with Crippen LogP contribution in [-0.4, -0.2) is 22.2 Å². The van der Waals surface area contributed by atoms with Crippen molar-refractivity contribution in [3.8, 4) is 0 Å². The maximum Gasteiger partial charge on any atom is 0.165 e. The summed E-state index contributed by atoms with van der Waals surface area (Å²) < 4.78 is 0. The molecule has 0 fully saturated rings. The maximum atomic E-state index is 11.5. The second kappa shape index (κ2) is 6.25. The van der Waals surface area contributed by atoms with E-state index < -0.39 is 0 Å². The summed E-state index contributed by atoms with van der Waals surface area (Å²) in [6.07, 6.45) is 1.83. The Morgan fingerprint density at radius 3 is 2.24 bits per heavy atom. The number of hydrogen-bond donors (Lipinski definition) is 1. The predicted molar refractivity (Wildman–Crippen MR) is 73.1 cm³/mol. The molecule has 0 spiro atoms. The number of aliphatic hydroxyl groups is 1. The Kier molecular flexibility index (Phi) is 4.97. The number of para-hydroxylation sites is 1. The van der Waals surface area contributed by atoms with Crippen LogP contribution < -0.4 is 0 Å². The summed E-state index contributed by atoms with van der Waals surface area (Å²) in [5, 5.41) is 10.1. The number of Topliss-reactive ketones (excluding diaryl/α,β-unsaturated/α-hetero) is 1. The van der Waals surface area contributed by atoms with Gasteiger partial charge in [0, 0.05) is 0 Å². The van der Waals surface area contributed by atoms with Crippen molar-refractivity contribution >= 4 is 28.3 Å². The first-order valence-electron chi connectivity index (χ1n) is 5.15. The molecule has 1 N–H and O–H groups in total. The number of allylic oxidation sites excluding steroid dienone is 1. The molecule has 1 aromatic rings. The van der Waals surface area contributed by atoms with Crippen LogP contribution in [0.4, 0.5) is 5.69 Å². The van der Waals surface area contributed by atoms with Gasteiger partial charge in [0.15, 0.2) is 5.78 Å². The van der Waals surface area contributed by atoms with Crippen molar-refractivity contribution < 1.29 is 9.90 Å². The van der Waals surface area contributed by atoms with Crippen molar-refractivity contribution in [1.29, 1.82) is 0 Å². The molecule has 0 aliphatic rings. The molecule has 90 valence electrons. The highest BCUT2D eigenvalue weighted by molar-refractivity contribution is 8.14. The number of carbonyl (C=O) groups excluding carboxylic acids is 1. The summed E-state index contributed by atoms with van der Waals surface area (Å²) in [6, 6.07) is 9.34. The minimum absolute atomic E-state index is 0.00142. The third-order valence-corrected chi connectivity index (χ3v) is 2.79. The summed E-state index contributed by atoms with van der Waals surface area (Å²) >= 11 is 1.34. The molecule has 0 unspecified atom stereocenters. The molecule has 3 nitrogen and oxygen atoms in total. The van der Waals surface area contributed by atoms with Gasteiger partial charge in [-0.1, -0.05) is 18.2 Å². The van der Waals surface area contributed by atoms with Crippen LogP contribution >= 0.6 is 11.8 Å². The van der Waals surface area contributed by atoms with E-state index in [-0.39, 0.29) is 17.1 Å². The van der Waals surface area contributed by atoms with E-state index in [1.807, 2.05) is 36.6 Å². The number of aliphatic imine (C=N–C) groups is 1. The van der Waals surface area contributed by atoms with E-state index in [4.69, 9.17) is 0 Å². The average molecular weight is 249 g/mol. The van der Waals surface area contributed by atoms with Crippen LogP contribution in [-0.2, 0) is 4.79 Å². The smallest absolute Gasteiger partial charge is 0.165 e. The molecule has 1 rings (SSSR count). The number of rotatable bonds is 3. The fourth-order valence-corrected chi connectivity index (χ4v) is 2.08. The fraction of sp³-hybridized carbons (Fsp3) is 0.231. The fourth-order valence-electron chi connectivity index (χ4n) is 1.38. The van der Waals surface area contributed by atoms with Crippen LogP contribution in [0.2, 0.25) is 0 Å². The molecule has 0 heterocycles. The number of nitrogens with zero attached hydrogens (tertiary/aromatic N) is 1. The van der Waals surface area contributed by atoms with Gasteiger partial charge in [0.1, 0.15) is 10.8 Å². The summed E-state index contributed by atoms with van der Waals surface area (Å²) in [6.45, 7) is 2.92. The standard InChI is InChI=1S/C13H15NO2S/c1-9(15)12(10(2)16)13(17-3)14-11-7-5-4-6-8-11/h4-8,15H,1-3H3/b12-9-,14-13?. The Morgan fingerprint density at radius 2 is 1.82 bits per heavy atom. The SMILES string of the molecule is CSC(=Nc1ccccc1)/C(C(C)=O)=C(/C)O. The van der Waals surface area contributed by atoms with Gasteiger partial charge in [-0.05, 0) is 32.2 Å². The van der Waals surface area contributed by atoms with Gasteiger partial charge in [-0.25, -0.2) is 4.99 Å². The van der Waals surface area contributed by atoms with Gasteiger partial charge in [-0.3, -0.25) is 4.79 Å². The summed E-state index contributed by atoms with van der Waals surface area (Å²) in [5.74, 6) is -0.185. The third-order valence-electron chi connectivity index (χ3n) is 2.11. The van der Waals surface area contributed by atoms with Crippen LogP contribution in [0, 0.1) is 0 Å². The van der Waals surface area contributed by atoms with E-state index >= 15 is 0 Å². The molecule has 4 heteroatoms. The largest absolute Gasteiger partial charge is 0.512 e.